The summed E-state index contributed by atoms with van der Waals surface area (Å²) in [5.74, 6) is 0. The lowest BCUT2D eigenvalue weighted by molar-refractivity contribution is 0.0608. The standard InChI is InChI=1S/C21H26N2O/c1-2-3-14-21(24)20(15-22)23(16-18-10-6-4-7-11-18)17-19-12-8-5-9-13-19/h4-13,20-21,24H,2-3,14,16-17H2,1H3/t20-,21+/m1/s1. The highest BCUT2D eigenvalue weighted by atomic mass is 16.3. The number of unbranched alkanes of at least 4 members (excludes halogenated alkanes) is 1. The summed E-state index contributed by atoms with van der Waals surface area (Å²) in [6.07, 6.45) is 1.99. The molecule has 0 fully saturated rings. The number of nitriles is 1. The molecule has 0 spiro atoms. The minimum Gasteiger partial charge on any atom is -0.390 e. The molecule has 0 aromatic heterocycles. The van der Waals surface area contributed by atoms with Crippen molar-refractivity contribution in [3.05, 3.63) is 71.8 Å². The minimum atomic E-state index is -0.623. The lowest BCUT2D eigenvalue weighted by atomic mass is 10.0. The van der Waals surface area contributed by atoms with Gasteiger partial charge in [-0.2, -0.15) is 5.26 Å². The zero-order valence-electron chi connectivity index (χ0n) is 14.3. The summed E-state index contributed by atoms with van der Waals surface area (Å²) in [5.41, 5.74) is 2.30. The average molecular weight is 322 g/mol. The lowest BCUT2D eigenvalue weighted by Gasteiger charge is -2.30. The van der Waals surface area contributed by atoms with Crippen LogP contribution in [-0.2, 0) is 13.1 Å². The Morgan fingerprint density at radius 1 is 0.958 bits per heavy atom. The summed E-state index contributed by atoms with van der Waals surface area (Å²) in [4.78, 5) is 2.07. The molecule has 0 amide bonds. The van der Waals surface area contributed by atoms with Gasteiger partial charge in [-0.3, -0.25) is 4.90 Å². The predicted molar refractivity (Wildman–Crippen MR) is 97.1 cm³/mol. The molecule has 126 valence electrons. The second kappa shape index (κ2) is 9.87. The van der Waals surface area contributed by atoms with Gasteiger partial charge in [-0.1, -0.05) is 80.4 Å². The van der Waals surface area contributed by atoms with Gasteiger partial charge in [-0.15, -0.1) is 0 Å². The molecule has 0 aliphatic carbocycles. The molecule has 0 saturated carbocycles. The van der Waals surface area contributed by atoms with Gasteiger partial charge in [0.1, 0.15) is 6.04 Å². The third kappa shape index (κ3) is 5.49. The number of benzene rings is 2. The van der Waals surface area contributed by atoms with Crippen LogP contribution < -0.4 is 0 Å². The molecule has 0 bridgehead atoms. The van der Waals surface area contributed by atoms with Crippen LogP contribution in [0.2, 0.25) is 0 Å². The zero-order valence-corrected chi connectivity index (χ0v) is 14.3. The Balaban J connectivity index is 2.18. The summed E-state index contributed by atoms with van der Waals surface area (Å²) < 4.78 is 0. The number of hydrogen-bond donors (Lipinski definition) is 1. The molecule has 0 unspecified atom stereocenters. The summed E-state index contributed by atoms with van der Waals surface area (Å²) in [5, 5.41) is 20.2. The van der Waals surface area contributed by atoms with E-state index in [0.29, 0.717) is 19.5 Å². The van der Waals surface area contributed by atoms with E-state index in [1.807, 2.05) is 36.4 Å². The van der Waals surface area contributed by atoms with Gasteiger partial charge in [0.05, 0.1) is 12.2 Å². The molecule has 1 N–H and O–H groups in total. The van der Waals surface area contributed by atoms with E-state index in [-0.39, 0.29) is 0 Å². The van der Waals surface area contributed by atoms with Gasteiger partial charge >= 0.3 is 0 Å². The van der Waals surface area contributed by atoms with E-state index in [9.17, 15) is 10.4 Å². The lowest BCUT2D eigenvalue weighted by Crippen LogP contribution is -2.42. The van der Waals surface area contributed by atoms with Gasteiger partial charge < -0.3 is 5.11 Å². The van der Waals surface area contributed by atoms with Gasteiger partial charge in [0.25, 0.3) is 0 Å². The van der Waals surface area contributed by atoms with Gasteiger partial charge in [-0.05, 0) is 17.5 Å². The van der Waals surface area contributed by atoms with E-state index >= 15 is 0 Å². The highest BCUT2D eigenvalue weighted by Gasteiger charge is 2.26. The maximum Gasteiger partial charge on any atom is 0.125 e. The predicted octanol–water partition coefficient (Wildman–Crippen LogP) is 4.13. The van der Waals surface area contributed by atoms with E-state index in [2.05, 4.69) is 42.2 Å². The Bertz CT molecular complexity index is 580. The van der Waals surface area contributed by atoms with Crippen molar-refractivity contribution in [2.24, 2.45) is 0 Å². The van der Waals surface area contributed by atoms with Gasteiger partial charge in [0, 0.05) is 13.1 Å². The zero-order chi connectivity index (χ0) is 17.2. The first kappa shape index (κ1) is 18.2. The van der Waals surface area contributed by atoms with Crippen molar-refractivity contribution in [3.63, 3.8) is 0 Å². The summed E-state index contributed by atoms with van der Waals surface area (Å²) in [6.45, 7) is 3.40. The van der Waals surface area contributed by atoms with E-state index in [1.165, 1.54) is 0 Å². The monoisotopic (exact) mass is 322 g/mol. The van der Waals surface area contributed by atoms with Crippen LogP contribution in [0.25, 0.3) is 0 Å². The molecule has 3 nitrogen and oxygen atoms in total. The summed E-state index contributed by atoms with van der Waals surface area (Å²) in [7, 11) is 0. The Morgan fingerprint density at radius 2 is 1.46 bits per heavy atom. The first-order valence-electron chi connectivity index (χ1n) is 8.64. The molecule has 0 heterocycles. The molecule has 0 aliphatic rings. The molecular weight excluding hydrogens is 296 g/mol. The van der Waals surface area contributed by atoms with Crippen molar-refractivity contribution < 1.29 is 5.11 Å². The number of aliphatic hydroxyl groups is 1. The van der Waals surface area contributed by atoms with Crippen LogP contribution >= 0.6 is 0 Å². The smallest absolute Gasteiger partial charge is 0.125 e. The average Bonchev–Trinajstić information content (AvgIpc) is 2.62. The first-order chi connectivity index (χ1) is 11.7. The molecule has 2 aromatic rings. The number of aliphatic hydroxyl groups excluding tert-OH is 1. The summed E-state index contributed by atoms with van der Waals surface area (Å²) >= 11 is 0. The van der Waals surface area contributed by atoms with Crippen LogP contribution in [0.1, 0.15) is 37.3 Å². The van der Waals surface area contributed by atoms with Gasteiger partial charge in [0.15, 0.2) is 0 Å². The minimum absolute atomic E-state index is 0.503. The van der Waals surface area contributed by atoms with Crippen molar-refractivity contribution in [1.29, 1.82) is 5.26 Å². The highest BCUT2D eigenvalue weighted by molar-refractivity contribution is 5.18. The van der Waals surface area contributed by atoms with Gasteiger partial charge in [-0.25, -0.2) is 0 Å². The van der Waals surface area contributed by atoms with Crippen molar-refractivity contribution >= 4 is 0 Å². The molecule has 0 aliphatic heterocycles. The van der Waals surface area contributed by atoms with Crippen LogP contribution in [0.5, 0.6) is 0 Å². The maximum atomic E-state index is 10.5. The Kier molecular flexibility index (Phi) is 7.48. The molecule has 0 radical (unpaired) electrons. The van der Waals surface area contributed by atoms with Crippen molar-refractivity contribution in [3.8, 4) is 6.07 Å². The number of nitrogens with zero attached hydrogens (tertiary/aromatic N) is 2. The normalized spacial score (nSPS) is 13.4. The van der Waals surface area contributed by atoms with E-state index in [0.717, 1.165) is 24.0 Å². The SMILES string of the molecule is CCCC[C@H](O)[C@@H](C#N)N(Cc1ccccc1)Cc1ccccc1. The van der Waals surface area contributed by atoms with Crippen molar-refractivity contribution in [2.75, 3.05) is 0 Å². The Morgan fingerprint density at radius 3 is 1.88 bits per heavy atom. The molecular formula is C21H26N2O. The topological polar surface area (TPSA) is 47.3 Å². The van der Waals surface area contributed by atoms with Crippen molar-refractivity contribution in [1.82, 2.24) is 4.90 Å². The molecule has 24 heavy (non-hydrogen) atoms. The van der Waals surface area contributed by atoms with Crippen LogP contribution in [-0.4, -0.2) is 22.2 Å². The number of rotatable bonds is 9. The second-order valence-corrected chi connectivity index (χ2v) is 6.16. The third-order valence-electron chi connectivity index (χ3n) is 4.20. The van der Waals surface area contributed by atoms with Crippen LogP contribution in [0.3, 0.4) is 0 Å². The number of hydrogen-bond acceptors (Lipinski definition) is 3. The second-order valence-electron chi connectivity index (χ2n) is 6.16. The van der Waals surface area contributed by atoms with Crippen molar-refractivity contribution in [2.45, 2.75) is 51.4 Å². The first-order valence-corrected chi connectivity index (χ1v) is 8.64. The quantitative estimate of drug-likeness (QED) is 0.755. The maximum absolute atomic E-state index is 10.5. The molecule has 3 heteroatoms. The fourth-order valence-electron chi connectivity index (χ4n) is 2.87. The van der Waals surface area contributed by atoms with Crippen LogP contribution in [0.4, 0.5) is 0 Å². The Labute approximate surface area is 145 Å². The van der Waals surface area contributed by atoms with Crippen LogP contribution in [0.15, 0.2) is 60.7 Å². The Hall–Kier alpha value is -2.15. The summed E-state index contributed by atoms with van der Waals surface area (Å²) in [6, 6.07) is 22.1. The molecule has 2 atom stereocenters. The fourth-order valence-corrected chi connectivity index (χ4v) is 2.87. The van der Waals surface area contributed by atoms with Crippen LogP contribution in [0, 0.1) is 11.3 Å². The molecule has 2 rings (SSSR count). The highest BCUT2D eigenvalue weighted by Crippen LogP contribution is 2.18. The molecule has 2 aromatic carbocycles. The largest absolute Gasteiger partial charge is 0.390 e. The van der Waals surface area contributed by atoms with Gasteiger partial charge in [0.2, 0.25) is 0 Å². The molecule has 0 saturated heterocycles. The van der Waals surface area contributed by atoms with E-state index in [4.69, 9.17) is 0 Å². The fraction of sp³-hybridized carbons (Fsp3) is 0.381. The third-order valence-corrected chi connectivity index (χ3v) is 4.20. The van der Waals surface area contributed by atoms with E-state index < -0.39 is 12.1 Å². The van der Waals surface area contributed by atoms with E-state index in [1.54, 1.807) is 0 Å².